The first-order chi connectivity index (χ1) is 10.1. The van der Waals surface area contributed by atoms with Crippen molar-refractivity contribution in [1.29, 1.82) is 0 Å². The molecule has 0 aromatic heterocycles. The smallest absolute Gasteiger partial charge is 0.163 e. The molecule has 2 aromatic carbocycles. The molecule has 0 unspecified atom stereocenters. The van der Waals surface area contributed by atoms with E-state index < -0.39 is 5.82 Å². The summed E-state index contributed by atoms with van der Waals surface area (Å²) < 4.78 is 29.6. The third-order valence-corrected chi connectivity index (χ3v) is 3.38. The molecule has 0 saturated carbocycles. The summed E-state index contributed by atoms with van der Waals surface area (Å²) in [7, 11) is 0. The molecule has 0 fully saturated rings. The lowest BCUT2D eigenvalue weighted by Crippen LogP contribution is -2.16. The molecule has 0 radical (unpaired) electrons. The Morgan fingerprint density at radius 1 is 1.14 bits per heavy atom. The van der Waals surface area contributed by atoms with Crippen LogP contribution in [0.3, 0.4) is 0 Å². The van der Waals surface area contributed by atoms with Crippen LogP contribution in [0.25, 0.3) is 0 Å². The Labute approximate surface area is 126 Å². The van der Waals surface area contributed by atoms with Gasteiger partial charge in [0.1, 0.15) is 31.4 Å². The lowest BCUT2D eigenvalue weighted by atomic mass is 10.1. The van der Waals surface area contributed by atoms with Gasteiger partial charge in [-0.05, 0) is 18.2 Å². The second-order valence-corrected chi connectivity index (χ2v) is 4.97. The van der Waals surface area contributed by atoms with Crippen LogP contribution in [0.5, 0.6) is 17.2 Å². The van der Waals surface area contributed by atoms with Gasteiger partial charge in [-0.1, -0.05) is 11.6 Å². The van der Waals surface area contributed by atoms with E-state index in [1.807, 2.05) is 0 Å². The fraction of sp³-hybridized carbons (Fsp3) is 0.200. The Morgan fingerprint density at radius 3 is 2.57 bits per heavy atom. The van der Waals surface area contributed by atoms with Crippen molar-refractivity contribution in [2.45, 2.75) is 6.61 Å². The normalized spacial score (nSPS) is 13.0. The third-order valence-electron chi connectivity index (χ3n) is 3.09. The minimum absolute atomic E-state index is 0.0163. The minimum atomic E-state index is -0.483. The van der Waals surface area contributed by atoms with Gasteiger partial charge in [0, 0.05) is 23.4 Å². The van der Waals surface area contributed by atoms with Crippen molar-refractivity contribution >= 4 is 17.3 Å². The molecule has 1 aliphatic heterocycles. The average molecular weight is 310 g/mol. The highest BCUT2D eigenvalue weighted by atomic mass is 35.5. The van der Waals surface area contributed by atoms with Gasteiger partial charge in [-0.2, -0.15) is 0 Å². The molecule has 6 heteroatoms. The zero-order valence-corrected chi connectivity index (χ0v) is 11.8. The molecule has 0 bridgehead atoms. The molecular weight excluding hydrogens is 297 g/mol. The predicted octanol–water partition coefficient (Wildman–Crippen LogP) is 3.41. The van der Waals surface area contributed by atoms with Gasteiger partial charge in [0.2, 0.25) is 0 Å². The Kier molecular flexibility index (Phi) is 3.75. The lowest BCUT2D eigenvalue weighted by Gasteiger charge is -2.20. The van der Waals surface area contributed by atoms with E-state index in [1.54, 1.807) is 12.1 Å². The van der Waals surface area contributed by atoms with E-state index in [1.165, 1.54) is 18.2 Å². The number of nitrogens with two attached hydrogens (primary N) is 1. The topological polar surface area (TPSA) is 53.7 Å². The molecule has 4 nitrogen and oxygen atoms in total. The van der Waals surface area contributed by atoms with E-state index >= 15 is 0 Å². The number of anilines is 1. The quantitative estimate of drug-likeness (QED) is 0.883. The van der Waals surface area contributed by atoms with Gasteiger partial charge in [0.05, 0.1) is 5.02 Å². The van der Waals surface area contributed by atoms with Crippen LogP contribution in [0.1, 0.15) is 5.56 Å². The minimum Gasteiger partial charge on any atom is -0.489 e. The Morgan fingerprint density at radius 2 is 1.86 bits per heavy atom. The summed E-state index contributed by atoms with van der Waals surface area (Å²) in [5.41, 5.74) is 7.27. The Hall–Kier alpha value is -2.14. The van der Waals surface area contributed by atoms with E-state index in [0.717, 1.165) is 5.56 Å². The number of hydrogen-bond acceptors (Lipinski definition) is 4. The summed E-state index contributed by atoms with van der Waals surface area (Å²) in [4.78, 5) is 0. The van der Waals surface area contributed by atoms with Crippen LogP contribution in [-0.4, -0.2) is 13.2 Å². The van der Waals surface area contributed by atoms with E-state index in [0.29, 0.717) is 36.1 Å². The summed E-state index contributed by atoms with van der Waals surface area (Å²) in [5, 5.41) is 0.0163. The predicted molar refractivity (Wildman–Crippen MR) is 77.6 cm³/mol. The number of fused-ring (bicyclic) bond motifs is 1. The van der Waals surface area contributed by atoms with Crippen molar-refractivity contribution in [3.8, 4) is 17.2 Å². The first-order valence-corrected chi connectivity index (χ1v) is 6.77. The molecule has 0 atom stereocenters. The summed E-state index contributed by atoms with van der Waals surface area (Å²) >= 11 is 5.71. The van der Waals surface area contributed by atoms with Gasteiger partial charge in [-0.3, -0.25) is 0 Å². The monoisotopic (exact) mass is 309 g/mol. The van der Waals surface area contributed by atoms with Crippen molar-refractivity contribution < 1.29 is 18.6 Å². The fourth-order valence-corrected chi connectivity index (χ4v) is 2.17. The van der Waals surface area contributed by atoms with Gasteiger partial charge in [-0.15, -0.1) is 0 Å². The molecule has 110 valence electrons. The van der Waals surface area contributed by atoms with Crippen molar-refractivity contribution in [2.24, 2.45) is 0 Å². The molecule has 1 heterocycles. The van der Waals surface area contributed by atoms with Crippen molar-refractivity contribution in [2.75, 3.05) is 18.9 Å². The highest BCUT2D eigenvalue weighted by molar-refractivity contribution is 6.30. The third kappa shape index (κ3) is 2.97. The van der Waals surface area contributed by atoms with Crippen molar-refractivity contribution in [1.82, 2.24) is 0 Å². The summed E-state index contributed by atoms with van der Waals surface area (Å²) in [5.74, 6) is 1.26. The maximum Gasteiger partial charge on any atom is 0.163 e. The molecule has 2 N–H and O–H groups in total. The van der Waals surface area contributed by atoms with Crippen molar-refractivity contribution in [3.05, 3.63) is 46.7 Å². The van der Waals surface area contributed by atoms with Crippen LogP contribution in [0.2, 0.25) is 5.02 Å². The van der Waals surface area contributed by atoms with E-state index in [9.17, 15) is 4.39 Å². The lowest BCUT2D eigenvalue weighted by molar-refractivity contribution is 0.171. The molecule has 21 heavy (non-hydrogen) atoms. The molecular formula is C15H13ClFNO3. The van der Waals surface area contributed by atoms with E-state index in [2.05, 4.69) is 0 Å². The first-order valence-electron chi connectivity index (χ1n) is 6.39. The fourth-order valence-electron chi connectivity index (χ4n) is 2.00. The molecule has 0 saturated heterocycles. The number of nitrogen functional groups attached to an aromatic ring is 1. The number of rotatable bonds is 3. The van der Waals surface area contributed by atoms with Gasteiger partial charge in [0.25, 0.3) is 0 Å². The van der Waals surface area contributed by atoms with Crippen LogP contribution in [-0.2, 0) is 6.61 Å². The molecule has 0 amide bonds. The standard InChI is InChI=1S/C15H13ClFNO3/c16-11-6-10(1-2-12(11)17)21-8-9-5-14-15(7-13(9)18)20-4-3-19-14/h1-2,5-7H,3-4,8,18H2. The summed E-state index contributed by atoms with van der Waals surface area (Å²) in [6, 6.07) is 7.69. The van der Waals surface area contributed by atoms with Crippen LogP contribution in [0, 0.1) is 5.82 Å². The van der Waals surface area contributed by atoms with Gasteiger partial charge in [-0.25, -0.2) is 4.39 Å². The van der Waals surface area contributed by atoms with Crippen LogP contribution in [0.15, 0.2) is 30.3 Å². The zero-order chi connectivity index (χ0) is 14.8. The Balaban J connectivity index is 1.77. The number of ether oxygens (including phenoxy) is 3. The van der Waals surface area contributed by atoms with E-state index in [4.69, 9.17) is 31.5 Å². The first kappa shape index (κ1) is 13.8. The van der Waals surface area contributed by atoms with Crippen LogP contribution in [0.4, 0.5) is 10.1 Å². The number of benzene rings is 2. The molecule has 1 aliphatic rings. The van der Waals surface area contributed by atoms with Gasteiger partial charge >= 0.3 is 0 Å². The second kappa shape index (κ2) is 5.69. The SMILES string of the molecule is Nc1cc2c(cc1COc1ccc(F)c(Cl)c1)OCCO2. The maximum atomic E-state index is 13.1. The van der Waals surface area contributed by atoms with Crippen LogP contribution < -0.4 is 19.9 Å². The largest absolute Gasteiger partial charge is 0.489 e. The number of halogens is 2. The average Bonchev–Trinajstić information content (AvgIpc) is 2.48. The van der Waals surface area contributed by atoms with Crippen molar-refractivity contribution in [3.63, 3.8) is 0 Å². The highest BCUT2D eigenvalue weighted by Crippen LogP contribution is 2.35. The van der Waals surface area contributed by atoms with Gasteiger partial charge in [0.15, 0.2) is 11.5 Å². The second-order valence-electron chi connectivity index (χ2n) is 4.56. The molecule has 3 rings (SSSR count). The molecule has 0 aliphatic carbocycles. The van der Waals surface area contributed by atoms with E-state index in [-0.39, 0.29) is 11.6 Å². The van der Waals surface area contributed by atoms with Crippen LogP contribution >= 0.6 is 11.6 Å². The molecule has 0 spiro atoms. The summed E-state index contributed by atoms with van der Waals surface area (Å²) in [6.45, 7) is 1.24. The summed E-state index contributed by atoms with van der Waals surface area (Å²) in [6.07, 6.45) is 0. The Bertz CT molecular complexity index is 678. The maximum absolute atomic E-state index is 13.1. The molecule has 2 aromatic rings. The zero-order valence-electron chi connectivity index (χ0n) is 11.1. The number of hydrogen-bond donors (Lipinski definition) is 1. The van der Waals surface area contributed by atoms with Gasteiger partial charge < -0.3 is 19.9 Å². The highest BCUT2D eigenvalue weighted by Gasteiger charge is 2.15.